The second-order valence-corrected chi connectivity index (χ2v) is 5.08. The Hall–Kier alpha value is -2.99. The van der Waals surface area contributed by atoms with Crippen LogP contribution in [-0.4, -0.2) is 37.2 Å². The molecule has 0 unspecified atom stereocenters. The molecule has 0 rings (SSSR count). The summed E-state index contributed by atoms with van der Waals surface area (Å²) in [5, 5.41) is 0. The van der Waals surface area contributed by atoms with Crippen LogP contribution in [0, 0.1) is 23.7 Å². The number of ether oxygens (including phenoxy) is 3. The fourth-order valence-corrected chi connectivity index (χ4v) is 1.68. The van der Waals surface area contributed by atoms with Gasteiger partial charge in [-0.2, -0.15) is 0 Å². The first-order chi connectivity index (χ1) is 12.4. The molecule has 0 saturated carbocycles. The first kappa shape index (κ1) is 23.0. The van der Waals surface area contributed by atoms with Gasteiger partial charge in [-0.3, -0.25) is 14.4 Å². The summed E-state index contributed by atoms with van der Waals surface area (Å²) in [7, 11) is 0. The molecular weight excluding hydrogens is 336 g/mol. The molecule has 0 amide bonds. The number of carbonyl (C=O) groups excluding carboxylic acids is 3. The van der Waals surface area contributed by atoms with Crippen molar-refractivity contribution in [1.29, 1.82) is 0 Å². The summed E-state index contributed by atoms with van der Waals surface area (Å²) >= 11 is 0. The minimum Gasteiger partial charge on any atom is -0.466 e. The van der Waals surface area contributed by atoms with Crippen LogP contribution in [-0.2, 0) is 28.6 Å². The Kier molecular flexibility index (Phi) is 13.7. The van der Waals surface area contributed by atoms with Gasteiger partial charge in [0.05, 0.1) is 6.61 Å². The number of allylic oxidation sites excluding steroid dienone is 3. The maximum atomic E-state index is 11.1. The molecule has 0 N–H and O–H groups in total. The fourth-order valence-electron chi connectivity index (χ4n) is 1.68. The smallest absolute Gasteiger partial charge is 0.302 e. The number of rotatable bonds is 9. The van der Waals surface area contributed by atoms with Crippen LogP contribution in [0.2, 0.25) is 0 Å². The summed E-state index contributed by atoms with van der Waals surface area (Å²) in [5.74, 6) is 9.69. The Morgan fingerprint density at radius 2 is 1.46 bits per heavy atom. The lowest BCUT2D eigenvalue weighted by Gasteiger charge is -2.15. The van der Waals surface area contributed by atoms with Crippen molar-refractivity contribution in [3.63, 3.8) is 0 Å². The second-order valence-electron chi connectivity index (χ2n) is 5.08. The van der Waals surface area contributed by atoms with Gasteiger partial charge in [0.25, 0.3) is 0 Å². The van der Waals surface area contributed by atoms with Crippen LogP contribution in [0.25, 0.3) is 0 Å². The van der Waals surface area contributed by atoms with Crippen LogP contribution in [0.1, 0.15) is 40.0 Å². The number of hydrogen-bond donors (Lipinski definition) is 0. The van der Waals surface area contributed by atoms with Crippen molar-refractivity contribution in [1.82, 2.24) is 0 Å². The SMILES string of the molecule is CC(=O)OC/C=C/C#CC#C/C=C/CC[C@@H](CCOC(C)=O)OC(C)=O. The largest absolute Gasteiger partial charge is 0.466 e. The van der Waals surface area contributed by atoms with Gasteiger partial charge in [0, 0.05) is 27.2 Å². The van der Waals surface area contributed by atoms with Gasteiger partial charge in [0.1, 0.15) is 12.7 Å². The fraction of sp³-hybridized carbons (Fsp3) is 0.450. The van der Waals surface area contributed by atoms with Gasteiger partial charge in [-0.05, 0) is 42.9 Å². The van der Waals surface area contributed by atoms with Crippen molar-refractivity contribution < 1.29 is 28.6 Å². The van der Waals surface area contributed by atoms with E-state index in [0.717, 1.165) is 0 Å². The minimum absolute atomic E-state index is 0.193. The van der Waals surface area contributed by atoms with Gasteiger partial charge < -0.3 is 14.2 Å². The van der Waals surface area contributed by atoms with Crippen molar-refractivity contribution >= 4 is 17.9 Å². The first-order valence-corrected chi connectivity index (χ1v) is 8.16. The predicted molar refractivity (Wildman–Crippen MR) is 96.5 cm³/mol. The lowest BCUT2D eigenvalue weighted by Crippen LogP contribution is -2.19. The Balaban J connectivity index is 4.12. The van der Waals surface area contributed by atoms with Crippen LogP contribution in [0.4, 0.5) is 0 Å². The molecule has 6 heteroatoms. The molecule has 0 aliphatic carbocycles. The summed E-state index contributed by atoms with van der Waals surface area (Å²) in [4.78, 5) is 32.3. The normalized spacial score (nSPS) is 11.0. The van der Waals surface area contributed by atoms with E-state index in [1.807, 2.05) is 6.08 Å². The molecule has 6 nitrogen and oxygen atoms in total. The lowest BCUT2D eigenvalue weighted by molar-refractivity contribution is -0.149. The highest BCUT2D eigenvalue weighted by atomic mass is 16.6. The molecule has 0 fully saturated rings. The number of hydrogen-bond acceptors (Lipinski definition) is 6. The molecule has 0 aromatic carbocycles. The van der Waals surface area contributed by atoms with Crippen molar-refractivity contribution in [2.75, 3.05) is 13.2 Å². The van der Waals surface area contributed by atoms with Crippen LogP contribution >= 0.6 is 0 Å². The van der Waals surface area contributed by atoms with E-state index in [1.165, 1.54) is 20.8 Å². The molecule has 0 aliphatic heterocycles. The molecular formula is C20H24O6. The third-order valence-electron chi connectivity index (χ3n) is 2.73. The zero-order valence-electron chi connectivity index (χ0n) is 15.4. The van der Waals surface area contributed by atoms with Crippen LogP contribution in [0.5, 0.6) is 0 Å². The molecule has 0 saturated heterocycles. The predicted octanol–water partition coefficient (Wildman–Crippen LogP) is 2.33. The third-order valence-corrected chi connectivity index (χ3v) is 2.73. The molecule has 0 bridgehead atoms. The Bertz CT molecular complexity index is 637. The molecule has 0 heterocycles. The number of carbonyl (C=O) groups is 3. The van der Waals surface area contributed by atoms with Crippen molar-refractivity contribution in [3.8, 4) is 23.7 Å². The first-order valence-electron chi connectivity index (χ1n) is 8.16. The zero-order valence-corrected chi connectivity index (χ0v) is 15.4. The summed E-state index contributed by atoms with van der Waals surface area (Å²) in [6, 6.07) is 0. The van der Waals surface area contributed by atoms with Crippen LogP contribution < -0.4 is 0 Å². The molecule has 140 valence electrons. The summed E-state index contributed by atoms with van der Waals surface area (Å²) in [6.07, 6.45) is 8.16. The lowest BCUT2D eigenvalue weighted by atomic mass is 10.1. The van der Waals surface area contributed by atoms with Crippen molar-refractivity contribution in [2.45, 2.75) is 46.1 Å². The molecule has 0 spiro atoms. The number of esters is 3. The topological polar surface area (TPSA) is 78.9 Å². The third kappa shape index (κ3) is 17.4. The van der Waals surface area contributed by atoms with Crippen molar-refractivity contribution in [2.24, 2.45) is 0 Å². The molecule has 0 radical (unpaired) electrons. The quantitative estimate of drug-likeness (QED) is 0.357. The van der Waals surface area contributed by atoms with E-state index in [1.54, 1.807) is 18.2 Å². The zero-order chi connectivity index (χ0) is 19.6. The highest BCUT2D eigenvalue weighted by molar-refractivity contribution is 5.66. The van der Waals surface area contributed by atoms with Crippen LogP contribution in [0.3, 0.4) is 0 Å². The van der Waals surface area contributed by atoms with Gasteiger partial charge in [-0.15, -0.1) is 0 Å². The van der Waals surface area contributed by atoms with E-state index in [0.29, 0.717) is 19.3 Å². The Morgan fingerprint density at radius 1 is 0.846 bits per heavy atom. The molecule has 0 aliphatic rings. The van der Waals surface area contributed by atoms with Crippen molar-refractivity contribution in [3.05, 3.63) is 24.3 Å². The van der Waals surface area contributed by atoms with E-state index in [2.05, 4.69) is 23.7 Å². The Morgan fingerprint density at radius 3 is 2.04 bits per heavy atom. The average molecular weight is 360 g/mol. The van der Waals surface area contributed by atoms with Gasteiger partial charge >= 0.3 is 17.9 Å². The molecule has 1 atom stereocenters. The molecule has 0 aromatic heterocycles. The minimum atomic E-state index is -0.362. The van der Waals surface area contributed by atoms with Gasteiger partial charge in [-0.25, -0.2) is 0 Å². The second kappa shape index (κ2) is 15.5. The van der Waals surface area contributed by atoms with E-state index < -0.39 is 0 Å². The van der Waals surface area contributed by atoms with Gasteiger partial charge in [0.2, 0.25) is 0 Å². The highest BCUT2D eigenvalue weighted by Gasteiger charge is 2.11. The van der Waals surface area contributed by atoms with E-state index in [4.69, 9.17) is 14.2 Å². The summed E-state index contributed by atoms with van der Waals surface area (Å²) in [5.41, 5.74) is 0. The van der Waals surface area contributed by atoms with Gasteiger partial charge in [-0.1, -0.05) is 17.9 Å². The van der Waals surface area contributed by atoms with E-state index >= 15 is 0 Å². The average Bonchev–Trinajstić information content (AvgIpc) is 2.54. The summed E-state index contributed by atoms with van der Waals surface area (Å²) < 4.78 is 14.7. The summed E-state index contributed by atoms with van der Waals surface area (Å²) in [6.45, 7) is 4.43. The Labute approximate surface area is 154 Å². The van der Waals surface area contributed by atoms with E-state index in [-0.39, 0.29) is 37.2 Å². The monoisotopic (exact) mass is 360 g/mol. The maximum Gasteiger partial charge on any atom is 0.302 e. The highest BCUT2D eigenvalue weighted by Crippen LogP contribution is 2.08. The van der Waals surface area contributed by atoms with Crippen LogP contribution in [0.15, 0.2) is 24.3 Å². The van der Waals surface area contributed by atoms with Gasteiger partial charge in [0.15, 0.2) is 0 Å². The maximum absolute atomic E-state index is 11.1. The van der Waals surface area contributed by atoms with E-state index in [9.17, 15) is 14.4 Å². The molecule has 26 heavy (non-hydrogen) atoms. The standard InChI is InChI=1S/C20H24O6/c1-17(21)24-15-12-10-8-6-4-5-7-9-11-13-20(26-19(3)23)14-16-25-18(2)22/h7,9-10,12,20H,11,13-16H2,1-3H3/b9-7+,12-10+/t20-/m0/s1. The molecule has 0 aromatic rings.